The molecule has 0 aromatic carbocycles. The summed E-state index contributed by atoms with van der Waals surface area (Å²) in [7, 11) is 0. The molecule has 4 heteroatoms. The maximum absolute atomic E-state index is 4.37. The molecule has 0 aliphatic carbocycles. The molecule has 4 nitrogen and oxygen atoms in total. The average molecular weight is 206 g/mol. The van der Waals surface area contributed by atoms with Crippen LogP contribution in [0.15, 0.2) is 12.4 Å². The van der Waals surface area contributed by atoms with Gasteiger partial charge in [0.25, 0.3) is 0 Å². The standard InChI is InChI=1S/C11H18N4/c1-9-6-13-11(14-7-9)15-4-3-12-5-10(2)8-15/h6-7,10,12H,3-5,8H2,1-2H3. The zero-order chi connectivity index (χ0) is 10.7. The van der Waals surface area contributed by atoms with Gasteiger partial charge in [-0.15, -0.1) is 0 Å². The molecule has 2 rings (SSSR count). The topological polar surface area (TPSA) is 41.1 Å². The molecular formula is C11H18N4. The van der Waals surface area contributed by atoms with Crippen LogP contribution in [0, 0.1) is 12.8 Å². The van der Waals surface area contributed by atoms with E-state index in [-0.39, 0.29) is 0 Å². The van der Waals surface area contributed by atoms with E-state index in [1.54, 1.807) is 0 Å². The minimum Gasteiger partial charge on any atom is -0.339 e. The van der Waals surface area contributed by atoms with Crippen molar-refractivity contribution in [3.63, 3.8) is 0 Å². The highest BCUT2D eigenvalue weighted by molar-refractivity contribution is 5.30. The Morgan fingerprint density at radius 3 is 2.87 bits per heavy atom. The summed E-state index contributed by atoms with van der Waals surface area (Å²) in [6, 6.07) is 0. The van der Waals surface area contributed by atoms with Crippen LogP contribution < -0.4 is 10.2 Å². The monoisotopic (exact) mass is 206 g/mol. The molecule has 1 aliphatic heterocycles. The molecule has 0 saturated carbocycles. The van der Waals surface area contributed by atoms with Gasteiger partial charge in [0.05, 0.1) is 0 Å². The van der Waals surface area contributed by atoms with Crippen LogP contribution in [0.5, 0.6) is 0 Å². The van der Waals surface area contributed by atoms with E-state index in [1.165, 1.54) is 0 Å². The number of rotatable bonds is 1. The Morgan fingerprint density at radius 1 is 1.40 bits per heavy atom. The summed E-state index contributed by atoms with van der Waals surface area (Å²) in [5, 5.41) is 3.41. The summed E-state index contributed by atoms with van der Waals surface area (Å²) in [5.41, 5.74) is 1.11. The lowest BCUT2D eigenvalue weighted by atomic mass is 10.2. The summed E-state index contributed by atoms with van der Waals surface area (Å²) >= 11 is 0. The van der Waals surface area contributed by atoms with E-state index in [0.29, 0.717) is 5.92 Å². The molecule has 1 aliphatic rings. The molecule has 1 N–H and O–H groups in total. The van der Waals surface area contributed by atoms with Crippen molar-refractivity contribution in [2.45, 2.75) is 13.8 Å². The Balaban J connectivity index is 2.11. The second kappa shape index (κ2) is 4.57. The van der Waals surface area contributed by atoms with Gasteiger partial charge in [0.15, 0.2) is 0 Å². The average Bonchev–Trinajstić information content (AvgIpc) is 2.44. The van der Waals surface area contributed by atoms with Crippen molar-refractivity contribution in [3.8, 4) is 0 Å². The van der Waals surface area contributed by atoms with Gasteiger partial charge in [0, 0.05) is 32.0 Å². The van der Waals surface area contributed by atoms with Crippen molar-refractivity contribution in [3.05, 3.63) is 18.0 Å². The van der Waals surface area contributed by atoms with Gasteiger partial charge in [-0.2, -0.15) is 0 Å². The van der Waals surface area contributed by atoms with Crippen molar-refractivity contribution < 1.29 is 0 Å². The Morgan fingerprint density at radius 2 is 2.13 bits per heavy atom. The minimum absolute atomic E-state index is 0.650. The van der Waals surface area contributed by atoms with Gasteiger partial charge in [0.2, 0.25) is 5.95 Å². The Labute approximate surface area is 90.7 Å². The van der Waals surface area contributed by atoms with Crippen molar-refractivity contribution in [1.29, 1.82) is 0 Å². The first kappa shape index (κ1) is 10.4. The van der Waals surface area contributed by atoms with E-state index >= 15 is 0 Å². The number of hydrogen-bond acceptors (Lipinski definition) is 4. The van der Waals surface area contributed by atoms with Gasteiger partial charge in [-0.25, -0.2) is 9.97 Å². The lowest BCUT2D eigenvalue weighted by molar-refractivity contribution is 0.561. The number of aryl methyl sites for hydroxylation is 1. The summed E-state index contributed by atoms with van der Waals surface area (Å²) < 4.78 is 0. The Bertz CT molecular complexity index is 309. The van der Waals surface area contributed by atoms with Gasteiger partial charge in [0.1, 0.15) is 0 Å². The van der Waals surface area contributed by atoms with Crippen molar-refractivity contribution in [2.75, 3.05) is 31.1 Å². The molecule has 0 radical (unpaired) electrons. The van der Waals surface area contributed by atoms with Crippen molar-refractivity contribution in [2.24, 2.45) is 5.92 Å². The number of aromatic nitrogens is 2. The molecule has 0 spiro atoms. The molecule has 82 valence electrons. The van der Waals surface area contributed by atoms with Crippen LogP contribution in [0.1, 0.15) is 12.5 Å². The summed E-state index contributed by atoms with van der Waals surface area (Å²) in [6.07, 6.45) is 3.76. The highest BCUT2D eigenvalue weighted by atomic mass is 15.3. The van der Waals surface area contributed by atoms with E-state index < -0.39 is 0 Å². The third-order valence-electron chi connectivity index (χ3n) is 2.63. The largest absolute Gasteiger partial charge is 0.339 e. The lowest BCUT2D eigenvalue weighted by Gasteiger charge is -2.21. The lowest BCUT2D eigenvalue weighted by Crippen LogP contribution is -2.30. The van der Waals surface area contributed by atoms with Gasteiger partial charge < -0.3 is 10.2 Å². The second-order valence-electron chi connectivity index (χ2n) is 4.32. The van der Waals surface area contributed by atoms with Gasteiger partial charge >= 0.3 is 0 Å². The van der Waals surface area contributed by atoms with Crippen LogP contribution in [0.4, 0.5) is 5.95 Å². The predicted molar refractivity (Wildman–Crippen MR) is 61.0 cm³/mol. The highest BCUT2D eigenvalue weighted by Gasteiger charge is 2.16. The summed E-state index contributed by atoms with van der Waals surface area (Å²) in [5.74, 6) is 1.51. The quantitative estimate of drug-likeness (QED) is 0.739. The van der Waals surface area contributed by atoms with Gasteiger partial charge in [-0.05, 0) is 24.9 Å². The molecule has 1 fully saturated rings. The van der Waals surface area contributed by atoms with Crippen molar-refractivity contribution in [1.82, 2.24) is 15.3 Å². The SMILES string of the molecule is Cc1cnc(N2CCNCC(C)C2)nc1. The fourth-order valence-corrected chi connectivity index (χ4v) is 1.83. The van der Waals surface area contributed by atoms with E-state index in [1.807, 2.05) is 19.3 Å². The molecule has 15 heavy (non-hydrogen) atoms. The van der Waals surface area contributed by atoms with Crippen LogP contribution in [0.25, 0.3) is 0 Å². The normalized spacial score (nSPS) is 22.5. The first-order valence-corrected chi connectivity index (χ1v) is 5.50. The fraction of sp³-hybridized carbons (Fsp3) is 0.636. The molecule has 0 bridgehead atoms. The molecule has 1 atom stereocenters. The third kappa shape index (κ3) is 2.65. The molecular weight excluding hydrogens is 188 g/mol. The first-order valence-electron chi connectivity index (χ1n) is 5.50. The number of nitrogens with zero attached hydrogens (tertiary/aromatic N) is 3. The number of anilines is 1. The van der Waals surface area contributed by atoms with Crippen LogP contribution in [-0.4, -0.2) is 36.1 Å². The molecule has 2 heterocycles. The number of nitrogens with one attached hydrogen (secondary N) is 1. The van der Waals surface area contributed by atoms with Crippen LogP contribution in [-0.2, 0) is 0 Å². The molecule has 1 aromatic heterocycles. The number of hydrogen-bond donors (Lipinski definition) is 1. The molecule has 1 saturated heterocycles. The first-order chi connectivity index (χ1) is 7.25. The Hall–Kier alpha value is -1.16. The zero-order valence-electron chi connectivity index (χ0n) is 9.40. The zero-order valence-corrected chi connectivity index (χ0v) is 9.40. The van der Waals surface area contributed by atoms with Crippen LogP contribution >= 0.6 is 0 Å². The van der Waals surface area contributed by atoms with E-state index in [9.17, 15) is 0 Å². The fourth-order valence-electron chi connectivity index (χ4n) is 1.83. The third-order valence-corrected chi connectivity index (χ3v) is 2.63. The van der Waals surface area contributed by atoms with Crippen molar-refractivity contribution >= 4 is 5.95 Å². The smallest absolute Gasteiger partial charge is 0.225 e. The van der Waals surface area contributed by atoms with E-state index in [2.05, 4.69) is 27.1 Å². The predicted octanol–water partition coefficient (Wildman–Crippen LogP) is 0.831. The molecule has 1 unspecified atom stereocenters. The second-order valence-corrected chi connectivity index (χ2v) is 4.32. The minimum atomic E-state index is 0.650. The van der Waals surface area contributed by atoms with Gasteiger partial charge in [-0.3, -0.25) is 0 Å². The molecule has 1 aromatic rings. The maximum Gasteiger partial charge on any atom is 0.225 e. The molecule has 0 amide bonds. The summed E-state index contributed by atoms with van der Waals surface area (Å²) in [6.45, 7) is 8.39. The Kier molecular flexibility index (Phi) is 3.16. The van der Waals surface area contributed by atoms with Gasteiger partial charge in [-0.1, -0.05) is 6.92 Å². The highest BCUT2D eigenvalue weighted by Crippen LogP contribution is 2.10. The van der Waals surface area contributed by atoms with Crippen LogP contribution in [0.3, 0.4) is 0 Å². The van der Waals surface area contributed by atoms with E-state index in [4.69, 9.17) is 0 Å². The van der Waals surface area contributed by atoms with E-state index in [0.717, 1.165) is 37.7 Å². The maximum atomic E-state index is 4.37. The van der Waals surface area contributed by atoms with Crippen LogP contribution in [0.2, 0.25) is 0 Å². The summed E-state index contributed by atoms with van der Waals surface area (Å²) in [4.78, 5) is 11.0.